The molecule has 9 nitrogen and oxygen atoms in total. The lowest BCUT2D eigenvalue weighted by atomic mass is 10.1. The second kappa shape index (κ2) is 8.82. The molecule has 0 bridgehead atoms. The van der Waals surface area contributed by atoms with Gasteiger partial charge in [0.2, 0.25) is 12.7 Å². The van der Waals surface area contributed by atoms with E-state index in [0.717, 1.165) is 22.7 Å². The number of rotatable bonds is 6. The van der Waals surface area contributed by atoms with Crippen molar-refractivity contribution in [3.63, 3.8) is 0 Å². The molecular weight excluding hydrogens is 386 g/mol. The molecule has 1 aliphatic heterocycles. The second-order valence-corrected chi connectivity index (χ2v) is 6.18. The number of methoxy groups -OCH3 is 1. The Hall–Kier alpha value is -4.27. The van der Waals surface area contributed by atoms with E-state index in [2.05, 4.69) is 25.9 Å². The van der Waals surface area contributed by atoms with Crippen LogP contribution in [0.1, 0.15) is 0 Å². The molecule has 0 unspecified atom stereocenters. The minimum absolute atomic E-state index is 0.0950. The maximum Gasteiger partial charge on any atom is 0.326 e. The molecule has 1 aliphatic rings. The molecule has 0 atom stereocenters. The van der Waals surface area contributed by atoms with Crippen LogP contribution in [0.25, 0.3) is 11.3 Å². The number of urea groups is 1. The van der Waals surface area contributed by atoms with Crippen molar-refractivity contribution in [1.29, 1.82) is 0 Å². The van der Waals surface area contributed by atoms with Gasteiger partial charge in [0, 0.05) is 23.0 Å². The van der Waals surface area contributed by atoms with E-state index in [4.69, 9.17) is 14.2 Å². The topological polar surface area (TPSA) is 107 Å². The summed E-state index contributed by atoms with van der Waals surface area (Å²) < 4.78 is 15.3. The van der Waals surface area contributed by atoms with Crippen molar-refractivity contribution in [1.82, 2.24) is 15.3 Å². The van der Waals surface area contributed by atoms with Gasteiger partial charge in [-0.25, -0.2) is 14.8 Å². The largest absolute Gasteiger partial charge is 0.496 e. The number of ether oxygens (including phenoxy) is 3. The molecule has 4 rings (SSSR count). The van der Waals surface area contributed by atoms with Gasteiger partial charge in [-0.15, -0.1) is 0 Å². The van der Waals surface area contributed by atoms with Gasteiger partial charge in [-0.3, -0.25) is 5.32 Å². The summed E-state index contributed by atoms with van der Waals surface area (Å²) in [5.74, 6) is 1.64. The molecule has 0 saturated carbocycles. The maximum atomic E-state index is 11.9. The van der Waals surface area contributed by atoms with Crippen LogP contribution in [-0.4, -0.2) is 29.9 Å². The minimum atomic E-state index is -0.426. The molecule has 0 aliphatic carbocycles. The van der Waals surface area contributed by atoms with Gasteiger partial charge >= 0.3 is 6.03 Å². The highest BCUT2D eigenvalue weighted by Crippen LogP contribution is 2.29. The van der Waals surface area contributed by atoms with E-state index >= 15 is 0 Å². The lowest BCUT2D eigenvalue weighted by Gasteiger charge is -2.11. The van der Waals surface area contributed by atoms with Crippen molar-refractivity contribution >= 4 is 23.2 Å². The van der Waals surface area contributed by atoms with Crippen molar-refractivity contribution in [2.45, 2.75) is 0 Å². The summed E-state index contributed by atoms with van der Waals surface area (Å²) in [6, 6.07) is 16.3. The number of carbonyl (C=O) groups excluding carboxylic acids is 1. The fraction of sp³-hybridized carbons (Fsp3) is 0.0952. The highest BCUT2D eigenvalue weighted by atomic mass is 16.7. The molecule has 0 radical (unpaired) electrons. The van der Waals surface area contributed by atoms with Crippen LogP contribution < -0.4 is 20.7 Å². The van der Waals surface area contributed by atoms with Crippen molar-refractivity contribution in [3.8, 4) is 17.0 Å². The Bertz CT molecular complexity index is 1070. The predicted octanol–water partition coefficient (Wildman–Crippen LogP) is 3.82. The number of hydrogen-bond donors (Lipinski definition) is 3. The Morgan fingerprint density at radius 3 is 2.60 bits per heavy atom. The minimum Gasteiger partial charge on any atom is -0.496 e. The first-order valence-corrected chi connectivity index (χ1v) is 9.06. The molecular formula is C21H19N5O4. The van der Waals surface area contributed by atoms with Crippen molar-refractivity contribution in [3.05, 3.63) is 73.1 Å². The molecule has 2 amide bonds. The Kier molecular flexibility index (Phi) is 5.61. The van der Waals surface area contributed by atoms with Crippen LogP contribution in [0.4, 0.5) is 22.0 Å². The summed E-state index contributed by atoms with van der Waals surface area (Å²) >= 11 is 0. The third-order valence-corrected chi connectivity index (χ3v) is 4.17. The van der Waals surface area contributed by atoms with Gasteiger partial charge in [-0.05, 0) is 36.4 Å². The first-order chi connectivity index (χ1) is 14.7. The number of nitrogens with one attached hydrogen (secondary N) is 3. The first kappa shape index (κ1) is 19.1. The van der Waals surface area contributed by atoms with Gasteiger partial charge in [0.15, 0.2) is 0 Å². The third kappa shape index (κ3) is 4.58. The maximum absolute atomic E-state index is 11.9. The molecule has 2 heterocycles. The lowest BCUT2D eigenvalue weighted by Crippen LogP contribution is -2.28. The quantitative estimate of drug-likeness (QED) is 0.572. The van der Waals surface area contributed by atoms with Gasteiger partial charge < -0.3 is 24.8 Å². The monoisotopic (exact) mass is 405 g/mol. The van der Waals surface area contributed by atoms with Gasteiger partial charge in [0.25, 0.3) is 0 Å². The van der Waals surface area contributed by atoms with Crippen LogP contribution >= 0.6 is 0 Å². The fourth-order valence-corrected chi connectivity index (χ4v) is 2.80. The summed E-state index contributed by atoms with van der Waals surface area (Å²) in [4.78, 5) is 20.5. The molecule has 152 valence electrons. The van der Waals surface area contributed by atoms with Crippen LogP contribution in [0.3, 0.4) is 0 Å². The van der Waals surface area contributed by atoms with Crippen LogP contribution in [0.2, 0.25) is 0 Å². The van der Waals surface area contributed by atoms with E-state index in [1.807, 2.05) is 42.5 Å². The molecule has 3 N–H and O–H groups in total. The Morgan fingerprint density at radius 1 is 1.03 bits per heavy atom. The number of hydrogen-bond acceptors (Lipinski definition) is 7. The standard InChI is InChI=1S/C21H19N5O4/c1-28-18-5-3-2-4-16(18)17-10-19(23-12-22-17)24-14-6-8-15(9-7-14)25-21(27)26-20-11-29-13-30-20/h2-12H,13H2,1H3,(H,22,23,24)(H2,25,26,27). The molecule has 3 aromatic rings. The first-order valence-electron chi connectivity index (χ1n) is 9.06. The van der Waals surface area contributed by atoms with Crippen molar-refractivity contribution in [2.75, 3.05) is 24.5 Å². The van der Waals surface area contributed by atoms with Gasteiger partial charge in [0.1, 0.15) is 24.2 Å². The average molecular weight is 405 g/mol. The number of carbonyl (C=O) groups is 1. The molecule has 30 heavy (non-hydrogen) atoms. The van der Waals surface area contributed by atoms with Gasteiger partial charge in [0.05, 0.1) is 12.8 Å². The molecule has 9 heteroatoms. The van der Waals surface area contributed by atoms with Gasteiger partial charge in [-0.2, -0.15) is 0 Å². The Labute approximate surface area is 172 Å². The number of aromatic nitrogens is 2. The zero-order valence-corrected chi connectivity index (χ0v) is 16.1. The molecule has 2 aromatic carbocycles. The number of nitrogens with zero attached hydrogens (tertiary/aromatic N) is 2. The normalized spacial score (nSPS) is 12.2. The summed E-state index contributed by atoms with van der Waals surface area (Å²) in [6.07, 6.45) is 2.83. The van der Waals surface area contributed by atoms with Crippen LogP contribution in [0.15, 0.2) is 73.1 Å². The smallest absolute Gasteiger partial charge is 0.326 e. The third-order valence-electron chi connectivity index (χ3n) is 4.17. The zero-order valence-electron chi connectivity index (χ0n) is 16.1. The SMILES string of the molecule is COc1ccccc1-c1cc(Nc2ccc(NC(=O)NC3=COCO3)cc2)ncn1. The average Bonchev–Trinajstić information content (AvgIpc) is 3.28. The molecule has 0 saturated heterocycles. The molecule has 1 aromatic heterocycles. The Morgan fingerprint density at radius 2 is 1.83 bits per heavy atom. The Balaban J connectivity index is 1.41. The van der Waals surface area contributed by atoms with Crippen molar-refractivity contribution in [2.24, 2.45) is 0 Å². The molecule has 0 fully saturated rings. The fourth-order valence-electron chi connectivity index (χ4n) is 2.80. The van der Waals surface area contributed by atoms with Crippen molar-refractivity contribution < 1.29 is 19.0 Å². The second-order valence-electron chi connectivity index (χ2n) is 6.18. The summed E-state index contributed by atoms with van der Waals surface area (Å²) in [5.41, 5.74) is 3.05. The van der Waals surface area contributed by atoms with Gasteiger partial charge in [-0.1, -0.05) is 12.1 Å². The van der Waals surface area contributed by atoms with E-state index in [1.54, 1.807) is 19.2 Å². The van der Waals surface area contributed by atoms with Crippen LogP contribution in [0.5, 0.6) is 5.75 Å². The zero-order chi connectivity index (χ0) is 20.8. The number of anilines is 3. The van der Waals surface area contributed by atoms with E-state index in [9.17, 15) is 4.79 Å². The molecule has 0 spiro atoms. The number of para-hydroxylation sites is 1. The number of amides is 2. The predicted molar refractivity (Wildman–Crippen MR) is 111 cm³/mol. The number of benzene rings is 2. The highest BCUT2D eigenvalue weighted by molar-refractivity contribution is 5.90. The van der Waals surface area contributed by atoms with E-state index < -0.39 is 6.03 Å². The van der Waals surface area contributed by atoms with E-state index in [0.29, 0.717) is 11.5 Å². The summed E-state index contributed by atoms with van der Waals surface area (Å²) in [5, 5.41) is 8.47. The highest BCUT2D eigenvalue weighted by Gasteiger charge is 2.11. The lowest BCUT2D eigenvalue weighted by molar-refractivity contribution is 0.0761. The van der Waals surface area contributed by atoms with Crippen LogP contribution in [-0.2, 0) is 9.47 Å². The van der Waals surface area contributed by atoms with E-state index in [1.165, 1.54) is 12.6 Å². The summed E-state index contributed by atoms with van der Waals surface area (Å²) in [7, 11) is 1.63. The van der Waals surface area contributed by atoms with E-state index in [-0.39, 0.29) is 12.7 Å². The van der Waals surface area contributed by atoms with Crippen LogP contribution in [0, 0.1) is 0 Å². The summed E-state index contributed by atoms with van der Waals surface area (Å²) in [6.45, 7) is 0.0950.